The lowest BCUT2D eigenvalue weighted by Gasteiger charge is -2.16. The van der Waals surface area contributed by atoms with Crippen molar-refractivity contribution < 1.29 is 0 Å². The lowest BCUT2D eigenvalue weighted by molar-refractivity contribution is 1.01. The zero-order chi connectivity index (χ0) is 14.7. The summed E-state index contributed by atoms with van der Waals surface area (Å²) in [4.78, 5) is 0. The third-order valence-electron chi connectivity index (χ3n) is 3.55. The van der Waals surface area contributed by atoms with Gasteiger partial charge >= 0.3 is 0 Å². The molecule has 2 rings (SSSR count). The first-order chi connectivity index (χ1) is 9.49. The third kappa shape index (κ3) is 3.09. The van der Waals surface area contributed by atoms with Crippen molar-refractivity contribution >= 4 is 17.8 Å². The van der Waals surface area contributed by atoms with Crippen LogP contribution >= 0.6 is 0 Å². The molecule has 0 heterocycles. The molecule has 0 amide bonds. The third-order valence-corrected chi connectivity index (χ3v) is 3.55. The Morgan fingerprint density at radius 1 is 0.950 bits per heavy atom. The van der Waals surface area contributed by atoms with E-state index < -0.39 is 0 Å². The van der Waals surface area contributed by atoms with Crippen LogP contribution < -0.4 is 10.9 Å². The monoisotopic (exact) mass is 266 g/mol. The molecule has 0 radical (unpaired) electrons. The Morgan fingerprint density at radius 2 is 1.70 bits per heavy atom. The second-order valence-electron chi connectivity index (χ2n) is 5.31. The summed E-state index contributed by atoms with van der Waals surface area (Å²) in [5, 5.41) is 1.66. The first-order valence-corrected chi connectivity index (χ1v) is 6.82. The fraction of sp³-hybridized carbons (Fsp3) is 0.222. The Labute approximate surface area is 121 Å². The summed E-state index contributed by atoms with van der Waals surface area (Å²) < 4.78 is 0. The number of nitrogens with two attached hydrogens (primary N) is 1. The van der Waals surface area contributed by atoms with Gasteiger partial charge in [0, 0.05) is 12.6 Å². The maximum absolute atomic E-state index is 5.91. The molecule has 0 spiro atoms. The predicted octanol–water partition coefficient (Wildman–Crippen LogP) is 4.09. The van der Waals surface area contributed by atoms with Crippen LogP contribution in [0.1, 0.15) is 27.8 Å². The summed E-state index contributed by atoms with van der Waals surface area (Å²) in [5.41, 5.74) is 7.23. The lowest BCUT2D eigenvalue weighted by Crippen LogP contribution is -2.25. The van der Waals surface area contributed by atoms with Gasteiger partial charge in [-0.3, -0.25) is 0 Å². The van der Waals surface area contributed by atoms with E-state index in [-0.39, 0.29) is 0 Å². The summed E-state index contributed by atoms with van der Waals surface area (Å²) in [6, 6.07) is 12.7. The van der Waals surface area contributed by atoms with Gasteiger partial charge in [0.1, 0.15) is 0 Å². The van der Waals surface area contributed by atoms with E-state index >= 15 is 0 Å². The van der Waals surface area contributed by atoms with Crippen molar-refractivity contribution in [3.8, 4) is 0 Å². The van der Waals surface area contributed by atoms with E-state index in [9.17, 15) is 0 Å². The summed E-state index contributed by atoms with van der Waals surface area (Å²) in [6.45, 7) is 6.35. The van der Waals surface area contributed by atoms with E-state index in [1.807, 2.05) is 19.2 Å². The maximum atomic E-state index is 5.91. The zero-order valence-corrected chi connectivity index (χ0v) is 12.6. The molecule has 0 aliphatic rings. The standard InChI is InChI=1S/C18H22N2/c1-13-8-9-14(2)16(12-13)10-11-17-15(3)6-5-7-18(17)20(4)19/h5-12H,19H2,1-4H3/b11-10+. The van der Waals surface area contributed by atoms with Gasteiger partial charge in [-0.05, 0) is 43.5 Å². The van der Waals surface area contributed by atoms with Crippen molar-refractivity contribution in [2.45, 2.75) is 20.8 Å². The second-order valence-corrected chi connectivity index (χ2v) is 5.31. The van der Waals surface area contributed by atoms with E-state index in [0.29, 0.717) is 0 Å². The van der Waals surface area contributed by atoms with Crippen molar-refractivity contribution in [2.75, 3.05) is 12.1 Å². The normalized spacial score (nSPS) is 11.1. The van der Waals surface area contributed by atoms with Gasteiger partial charge in [0.25, 0.3) is 0 Å². The smallest absolute Gasteiger partial charge is 0.0588 e. The fourth-order valence-electron chi connectivity index (χ4n) is 2.30. The average molecular weight is 266 g/mol. The molecule has 0 aliphatic carbocycles. The van der Waals surface area contributed by atoms with Gasteiger partial charge in [0.2, 0.25) is 0 Å². The van der Waals surface area contributed by atoms with Crippen molar-refractivity contribution in [3.05, 3.63) is 64.2 Å². The molecule has 0 atom stereocenters. The van der Waals surface area contributed by atoms with Crippen LogP contribution in [-0.2, 0) is 0 Å². The molecule has 0 fully saturated rings. The summed E-state index contributed by atoms with van der Waals surface area (Å²) in [6.07, 6.45) is 4.31. The van der Waals surface area contributed by atoms with Gasteiger partial charge in [-0.2, -0.15) is 0 Å². The zero-order valence-electron chi connectivity index (χ0n) is 12.6. The largest absolute Gasteiger partial charge is 0.314 e. The molecule has 0 unspecified atom stereocenters. The number of rotatable bonds is 3. The van der Waals surface area contributed by atoms with Crippen LogP contribution in [0.15, 0.2) is 36.4 Å². The SMILES string of the molecule is Cc1ccc(C)c(/C=C/c2c(C)cccc2N(C)N)c1. The Balaban J connectivity index is 2.44. The van der Waals surface area contributed by atoms with Gasteiger partial charge in [-0.1, -0.05) is 48.0 Å². The molecule has 0 saturated carbocycles. The van der Waals surface area contributed by atoms with Gasteiger partial charge in [-0.15, -0.1) is 0 Å². The van der Waals surface area contributed by atoms with Crippen LogP contribution in [0.4, 0.5) is 5.69 Å². The molecule has 2 aromatic carbocycles. The summed E-state index contributed by atoms with van der Waals surface area (Å²) >= 11 is 0. The van der Waals surface area contributed by atoms with Crippen molar-refractivity contribution in [1.82, 2.24) is 0 Å². The van der Waals surface area contributed by atoms with Gasteiger partial charge < -0.3 is 5.01 Å². The van der Waals surface area contributed by atoms with E-state index in [1.165, 1.54) is 27.8 Å². The highest BCUT2D eigenvalue weighted by atomic mass is 15.4. The summed E-state index contributed by atoms with van der Waals surface area (Å²) in [5.74, 6) is 5.91. The summed E-state index contributed by atoms with van der Waals surface area (Å²) in [7, 11) is 1.87. The number of hydrogen-bond acceptors (Lipinski definition) is 2. The molecule has 2 heteroatoms. The molecule has 0 aliphatic heterocycles. The Hall–Kier alpha value is -2.06. The van der Waals surface area contributed by atoms with Crippen LogP contribution in [-0.4, -0.2) is 7.05 Å². The van der Waals surface area contributed by atoms with Gasteiger partial charge in [0.05, 0.1) is 5.69 Å². The van der Waals surface area contributed by atoms with Crippen molar-refractivity contribution in [2.24, 2.45) is 5.84 Å². The number of hydrogen-bond donors (Lipinski definition) is 1. The quantitative estimate of drug-likeness (QED) is 0.515. The molecule has 0 saturated heterocycles. The minimum atomic E-state index is 1.03. The first kappa shape index (κ1) is 14.4. The van der Waals surface area contributed by atoms with E-state index in [2.05, 4.69) is 57.2 Å². The van der Waals surface area contributed by atoms with Crippen LogP contribution in [0.3, 0.4) is 0 Å². The highest BCUT2D eigenvalue weighted by Gasteiger charge is 2.04. The van der Waals surface area contributed by atoms with Crippen LogP contribution in [0.25, 0.3) is 12.2 Å². The first-order valence-electron chi connectivity index (χ1n) is 6.82. The Morgan fingerprint density at radius 3 is 2.40 bits per heavy atom. The second kappa shape index (κ2) is 5.93. The molecule has 2 aromatic rings. The number of nitrogens with zero attached hydrogens (tertiary/aromatic N) is 1. The fourth-order valence-corrected chi connectivity index (χ4v) is 2.30. The molecule has 2 nitrogen and oxygen atoms in total. The van der Waals surface area contributed by atoms with Gasteiger partial charge in [0.15, 0.2) is 0 Å². The van der Waals surface area contributed by atoms with Crippen molar-refractivity contribution in [3.63, 3.8) is 0 Å². The molecule has 2 N–H and O–H groups in total. The molecule has 0 aromatic heterocycles. The minimum Gasteiger partial charge on any atom is -0.314 e. The highest BCUT2D eigenvalue weighted by Crippen LogP contribution is 2.24. The highest BCUT2D eigenvalue weighted by molar-refractivity contribution is 5.79. The van der Waals surface area contributed by atoms with E-state index in [4.69, 9.17) is 5.84 Å². The maximum Gasteiger partial charge on any atom is 0.0588 e. The number of aryl methyl sites for hydroxylation is 3. The number of benzene rings is 2. The van der Waals surface area contributed by atoms with Gasteiger partial charge in [-0.25, -0.2) is 5.84 Å². The van der Waals surface area contributed by atoms with Crippen LogP contribution in [0, 0.1) is 20.8 Å². The molecule has 0 bridgehead atoms. The number of anilines is 1. The predicted molar refractivity (Wildman–Crippen MR) is 88.6 cm³/mol. The van der Waals surface area contributed by atoms with Crippen molar-refractivity contribution in [1.29, 1.82) is 0 Å². The molecular weight excluding hydrogens is 244 g/mol. The van der Waals surface area contributed by atoms with Crippen LogP contribution in [0.2, 0.25) is 0 Å². The molecular formula is C18H22N2. The Kier molecular flexibility index (Phi) is 4.26. The number of hydrazine groups is 1. The topological polar surface area (TPSA) is 29.3 Å². The Bertz CT molecular complexity index is 640. The molecule has 104 valence electrons. The van der Waals surface area contributed by atoms with E-state index in [0.717, 1.165) is 5.69 Å². The molecule has 20 heavy (non-hydrogen) atoms. The lowest BCUT2D eigenvalue weighted by atomic mass is 10.0. The minimum absolute atomic E-state index is 1.03. The average Bonchev–Trinajstić information content (AvgIpc) is 2.40. The van der Waals surface area contributed by atoms with E-state index in [1.54, 1.807) is 5.01 Å². The van der Waals surface area contributed by atoms with Crippen LogP contribution in [0.5, 0.6) is 0 Å².